The maximum Gasteiger partial charge on any atom is 0.307 e. The smallest absolute Gasteiger partial charge is 0.307 e. The number of rotatable bonds is 11. The van der Waals surface area contributed by atoms with Crippen LogP contribution in [0.1, 0.15) is 31.9 Å². The van der Waals surface area contributed by atoms with Crippen molar-refractivity contribution in [1.82, 2.24) is 9.88 Å². The summed E-state index contributed by atoms with van der Waals surface area (Å²) in [7, 11) is 0. The molecule has 1 amide bonds. The summed E-state index contributed by atoms with van der Waals surface area (Å²) in [6.07, 6.45) is 2.82. The molecule has 0 spiro atoms. The molecule has 1 heterocycles. The van der Waals surface area contributed by atoms with Gasteiger partial charge in [0.15, 0.2) is 0 Å². The number of hydrogen-bond donors (Lipinski definition) is 0. The molecule has 1 aromatic carbocycles. The molecule has 6 nitrogen and oxygen atoms in total. The van der Waals surface area contributed by atoms with Gasteiger partial charge in [-0.05, 0) is 37.6 Å². The second-order valence-corrected chi connectivity index (χ2v) is 5.96. The quantitative estimate of drug-likeness (QED) is 0.449. The fourth-order valence-corrected chi connectivity index (χ4v) is 2.53. The van der Waals surface area contributed by atoms with Crippen molar-refractivity contribution in [2.45, 2.75) is 32.7 Å². The van der Waals surface area contributed by atoms with E-state index in [1.165, 1.54) is 0 Å². The van der Waals surface area contributed by atoms with Crippen LogP contribution in [0.25, 0.3) is 0 Å². The summed E-state index contributed by atoms with van der Waals surface area (Å²) in [4.78, 5) is 30.2. The number of amides is 1. The topological polar surface area (TPSA) is 68.7 Å². The first kappa shape index (κ1) is 20.4. The van der Waals surface area contributed by atoms with Crippen LogP contribution in [-0.2, 0) is 20.9 Å². The summed E-state index contributed by atoms with van der Waals surface area (Å²) in [6.45, 7) is 3.25. The van der Waals surface area contributed by atoms with Crippen LogP contribution in [0.15, 0.2) is 54.7 Å². The van der Waals surface area contributed by atoms with Crippen molar-refractivity contribution in [3.63, 3.8) is 0 Å². The number of pyridine rings is 1. The highest BCUT2D eigenvalue weighted by Crippen LogP contribution is 2.10. The van der Waals surface area contributed by atoms with Crippen molar-refractivity contribution in [3.8, 4) is 5.75 Å². The van der Waals surface area contributed by atoms with E-state index in [2.05, 4.69) is 4.98 Å². The van der Waals surface area contributed by atoms with Crippen LogP contribution in [-0.4, -0.2) is 41.5 Å². The summed E-state index contributed by atoms with van der Waals surface area (Å²) in [6, 6.07) is 15.1. The van der Waals surface area contributed by atoms with E-state index in [1.54, 1.807) is 18.0 Å². The fraction of sp³-hybridized carbons (Fsp3) is 0.381. The van der Waals surface area contributed by atoms with E-state index in [-0.39, 0.29) is 18.3 Å². The Balaban J connectivity index is 1.84. The molecule has 0 saturated carbocycles. The van der Waals surface area contributed by atoms with Crippen molar-refractivity contribution in [2.24, 2.45) is 0 Å². The standard InChI is InChI=1S/C21H26N2O4/c1-2-26-21(25)13-15-23(17-18-9-6-7-14-22-18)20(24)12-8-16-27-19-10-4-3-5-11-19/h3-7,9-11,14H,2,8,12-13,15-17H2,1H3. The highest BCUT2D eigenvalue weighted by molar-refractivity contribution is 5.77. The second kappa shape index (κ2) is 11.7. The molecule has 27 heavy (non-hydrogen) atoms. The van der Waals surface area contributed by atoms with Crippen LogP contribution in [0, 0.1) is 0 Å². The Labute approximate surface area is 160 Å². The van der Waals surface area contributed by atoms with Crippen LogP contribution in [0.4, 0.5) is 0 Å². The van der Waals surface area contributed by atoms with E-state index >= 15 is 0 Å². The molecule has 0 unspecified atom stereocenters. The fourth-order valence-electron chi connectivity index (χ4n) is 2.53. The van der Waals surface area contributed by atoms with Gasteiger partial charge in [-0.2, -0.15) is 0 Å². The lowest BCUT2D eigenvalue weighted by Crippen LogP contribution is -2.33. The van der Waals surface area contributed by atoms with Crippen molar-refractivity contribution < 1.29 is 19.1 Å². The molecule has 144 valence electrons. The van der Waals surface area contributed by atoms with E-state index in [0.29, 0.717) is 39.1 Å². The molecule has 0 N–H and O–H groups in total. The van der Waals surface area contributed by atoms with Gasteiger partial charge in [0.05, 0.1) is 31.9 Å². The lowest BCUT2D eigenvalue weighted by molar-refractivity contribution is -0.144. The molecular weight excluding hydrogens is 344 g/mol. The van der Waals surface area contributed by atoms with Crippen molar-refractivity contribution in [2.75, 3.05) is 19.8 Å². The van der Waals surface area contributed by atoms with Gasteiger partial charge in [-0.25, -0.2) is 0 Å². The van der Waals surface area contributed by atoms with Gasteiger partial charge in [-0.1, -0.05) is 24.3 Å². The van der Waals surface area contributed by atoms with Crippen molar-refractivity contribution in [1.29, 1.82) is 0 Å². The van der Waals surface area contributed by atoms with E-state index in [0.717, 1.165) is 11.4 Å². The van der Waals surface area contributed by atoms with Gasteiger partial charge in [-0.15, -0.1) is 0 Å². The largest absolute Gasteiger partial charge is 0.494 e. The zero-order valence-corrected chi connectivity index (χ0v) is 15.7. The highest BCUT2D eigenvalue weighted by atomic mass is 16.5. The average Bonchev–Trinajstić information content (AvgIpc) is 2.70. The molecule has 2 rings (SSSR count). The summed E-state index contributed by atoms with van der Waals surface area (Å²) in [5.41, 5.74) is 0.787. The molecule has 0 atom stereocenters. The molecule has 0 radical (unpaired) electrons. The minimum atomic E-state index is -0.302. The van der Waals surface area contributed by atoms with Crippen LogP contribution in [0.2, 0.25) is 0 Å². The van der Waals surface area contributed by atoms with Gasteiger partial charge in [-0.3, -0.25) is 14.6 Å². The minimum absolute atomic E-state index is 0.0263. The normalized spacial score (nSPS) is 10.3. The first-order valence-corrected chi connectivity index (χ1v) is 9.20. The van der Waals surface area contributed by atoms with Crippen LogP contribution < -0.4 is 4.74 Å². The molecule has 0 saturated heterocycles. The van der Waals surface area contributed by atoms with Gasteiger partial charge in [0.2, 0.25) is 5.91 Å². The van der Waals surface area contributed by atoms with E-state index in [9.17, 15) is 9.59 Å². The number of hydrogen-bond acceptors (Lipinski definition) is 5. The predicted octanol–water partition coefficient (Wildman–Crippen LogP) is 3.22. The molecule has 0 aliphatic rings. The molecule has 0 bridgehead atoms. The monoisotopic (exact) mass is 370 g/mol. The molecule has 0 aliphatic carbocycles. The zero-order valence-electron chi connectivity index (χ0n) is 15.7. The minimum Gasteiger partial charge on any atom is -0.494 e. The second-order valence-electron chi connectivity index (χ2n) is 5.96. The van der Waals surface area contributed by atoms with Crippen LogP contribution in [0.5, 0.6) is 5.75 Å². The Hall–Kier alpha value is -2.89. The molecule has 1 aromatic heterocycles. The number of carbonyl (C=O) groups is 2. The van der Waals surface area contributed by atoms with Gasteiger partial charge in [0, 0.05) is 19.2 Å². The maximum absolute atomic E-state index is 12.6. The Morgan fingerprint density at radius 3 is 2.52 bits per heavy atom. The Kier molecular flexibility index (Phi) is 8.83. The number of benzene rings is 1. The molecule has 0 aliphatic heterocycles. The lowest BCUT2D eigenvalue weighted by Gasteiger charge is -2.22. The third-order valence-electron chi connectivity index (χ3n) is 3.87. The summed E-state index contributed by atoms with van der Waals surface area (Å²) in [5.74, 6) is 0.461. The van der Waals surface area contributed by atoms with Gasteiger partial charge in [0.25, 0.3) is 0 Å². The van der Waals surface area contributed by atoms with E-state index in [1.807, 2.05) is 48.5 Å². The van der Waals surface area contributed by atoms with Crippen molar-refractivity contribution >= 4 is 11.9 Å². The SMILES string of the molecule is CCOC(=O)CCN(Cc1ccccn1)C(=O)CCCOc1ccccc1. The van der Waals surface area contributed by atoms with Gasteiger partial charge in [0.1, 0.15) is 5.75 Å². The number of esters is 1. The van der Waals surface area contributed by atoms with Crippen molar-refractivity contribution in [3.05, 3.63) is 60.4 Å². The third-order valence-corrected chi connectivity index (χ3v) is 3.87. The third kappa shape index (κ3) is 7.90. The number of aromatic nitrogens is 1. The summed E-state index contributed by atoms with van der Waals surface area (Å²) < 4.78 is 10.6. The first-order valence-electron chi connectivity index (χ1n) is 9.20. The summed E-state index contributed by atoms with van der Waals surface area (Å²) >= 11 is 0. The zero-order chi connectivity index (χ0) is 19.3. The summed E-state index contributed by atoms with van der Waals surface area (Å²) in [5, 5.41) is 0. The number of nitrogens with zero attached hydrogens (tertiary/aromatic N) is 2. The molecule has 2 aromatic rings. The average molecular weight is 370 g/mol. The molecular formula is C21H26N2O4. The maximum atomic E-state index is 12.6. The highest BCUT2D eigenvalue weighted by Gasteiger charge is 2.16. The number of ether oxygens (including phenoxy) is 2. The lowest BCUT2D eigenvalue weighted by atomic mass is 10.2. The Bertz CT molecular complexity index is 692. The van der Waals surface area contributed by atoms with Crippen LogP contribution in [0.3, 0.4) is 0 Å². The predicted molar refractivity (Wildman–Crippen MR) is 102 cm³/mol. The first-order chi connectivity index (χ1) is 13.2. The van der Waals surface area contributed by atoms with E-state index < -0.39 is 0 Å². The van der Waals surface area contributed by atoms with Gasteiger partial charge >= 0.3 is 5.97 Å². The number of para-hydroxylation sites is 1. The van der Waals surface area contributed by atoms with Crippen LogP contribution >= 0.6 is 0 Å². The number of carbonyl (C=O) groups excluding carboxylic acids is 2. The van der Waals surface area contributed by atoms with E-state index in [4.69, 9.17) is 9.47 Å². The molecule has 0 fully saturated rings. The van der Waals surface area contributed by atoms with Gasteiger partial charge < -0.3 is 14.4 Å². The molecule has 6 heteroatoms. The Morgan fingerprint density at radius 1 is 1.04 bits per heavy atom. The Morgan fingerprint density at radius 2 is 1.81 bits per heavy atom.